The molecule has 5 atom stereocenters. The standard InChI is InChI=1S/C17H22O/c1-11-9-12(2)16-13(3)15(11)10-18-17(16)14-7-5-4-6-8-14/h4-9,11,13,15-17H,10H2,1-3H3/t11?,13?,15-,16+,17?/m1/s1. The topological polar surface area (TPSA) is 9.23 Å². The highest BCUT2D eigenvalue weighted by Crippen LogP contribution is 2.49. The SMILES string of the molecule is CC1=CC(C)[C@H]2COC(c3ccccc3)[C@@H]1C2C. The molecule has 1 nitrogen and oxygen atoms in total. The van der Waals surface area contributed by atoms with Gasteiger partial charge in [-0.1, -0.05) is 55.8 Å². The first kappa shape index (κ1) is 12.0. The molecule has 1 aromatic carbocycles. The summed E-state index contributed by atoms with van der Waals surface area (Å²) in [5.74, 6) is 2.64. The Bertz CT molecular complexity index is 448. The summed E-state index contributed by atoms with van der Waals surface area (Å²) in [5, 5.41) is 0. The van der Waals surface area contributed by atoms with Gasteiger partial charge in [-0.2, -0.15) is 0 Å². The van der Waals surface area contributed by atoms with Crippen LogP contribution in [0.25, 0.3) is 0 Å². The summed E-state index contributed by atoms with van der Waals surface area (Å²) >= 11 is 0. The Kier molecular flexibility index (Phi) is 3.03. The lowest BCUT2D eigenvalue weighted by atomic mass is 9.65. The molecule has 2 aliphatic rings. The summed E-state index contributed by atoms with van der Waals surface area (Å²) in [6.07, 6.45) is 2.72. The van der Waals surface area contributed by atoms with Crippen LogP contribution in [-0.4, -0.2) is 6.61 Å². The molecule has 0 radical (unpaired) electrons. The maximum Gasteiger partial charge on any atom is 0.0892 e. The van der Waals surface area contributed by atoms with Crippen LogP contribution in [0, 0.1) is 23.7 Å². The summed E-state index contributed by atoms with van der Waals surface area (Å²) in [5.41, 5.74) is 2.84. The second-order valence-corrected chi connectivity index (χ2v) is 5.98. The lowest BCUT2D eigenvalue weighted by Gasteiger charge is -2.47. The molecule has 0 N–H and O–H groups in total. The van der Waals surface area contributed by atoms with Gasteiger partial charge in [0, 0.05) is 5.92 Å². The lowest BCUT2D eigenvalue weighted by molar-refractivity contribution is -0.0934. The second-order valence-electron chi connectivity index (χ2n) is 5.98. The van der Waals surface area contributed by atoms with Crippen LogP contribution < -0.4 is 0 Å². The molecule has 0 aromatic heterocycles. The van der Waals surface area contributed by atoms with Crippen molar-refractivity contribution in [2.45, 2.75) is 26.9 Å². The third-order valence-corrected chi connectivity index (χ3v) is 4.89. The maximum absolute atomic E-state index is 6.20. The average Bonchev–Trinajstić information content (AvgIpc) is 2.37. The van der Waals surface area contributed by atoms with Gasteiger partial charge in [0.1, 0.15) is 0 Å². The molecular formula is C17H22O. The highest BCUT2D eigenvalue weighted by molar-refractivity contribution is 5.25. The molecule has 3 unspecified atom stereocenters. The van der Waals surface area contributed by atoms with Crippen molar-refractivity contribution in [1.29, 1.82) is 0 Å². The van der Waals surface area contributed by atoms with Crippen molar-refractivity contribution in [3.05, 3.63) is 47.5 Å². The Morgan fingerprint density at radius 2 is 1.83 bits per heavy atom. The molecule has 3 rings (SSSR count). The van der Waals surface area contributed by atoms with Gasteiger partial charge in [-0.3, -0.25) is 0 Å². The molecule has 0 amide bonds. The Morgan fingerprint density at radius 1 is 1.11 bits per heavy atom. The summed E-state index contributed by atoms with van der Waals surface area (Å²) in [6, 6.07) is 10.7. The van der Waals surface area contributed by atoms with E-state index in [0.29, 0.717) is 17.8 Å². The minimum atomic E-state index is 0.251. The van der Waals surface area contributed by atoms with Crippen molar-refractivity contribution >= 4 is 0 Å². The van der Waals surface area contributed by atoms with E-state index >= 15 is 0 Å². The third kappa shape index (κ3) is 1.81. The van der Waals surface area contributed by atoms with Gasteiger partial charge in [0.25, 0.3) is 0 Å². The minimum Gasteiger partial charge on any atom is -0.373 e. The number of hydrogen-bond acceptors (Lipinski definition) is 1. The monoisotopic (exact) mass is 242 g/mol. The highest BCUT2D eigenvalue weighted by Gasteiger charge is 2.43. The molecule has 0 spiro atoms. The van der Waals surface area contributed by atoms with Crippen LogP contribution in [0.1, 0.15) is 32.4 Å². The molecular weight excluding hydrogens is 220 g/mol. The van der Waals surface area contributed by atoms with E-state index in [0.717, 1.165) is 12.5 Å². The van der Waals surface area contributed by atoms with E-state index in [1.165, 1.54) is 11.1 Å². The summed E-state index contributed by atoms with van der Waals surface area (Å²) < 4.78 is 6.20. The van der Waals surface area contributed by atoms with Crippen LogP contribution in [0.5, 0.6) is 0 Å². The number of allylic oxidation sites excluding steroid dienone is 1. The van der Waals surface area contributed by atoms with Crippen molar-refractivity contribution in [3.8, 4) is 0 Å². The quantitative estimate of drug-likeness (QED) is 0.670. The molecule has 2 bridgehead atoms. The van der Waals surface area contributed by atoms with Crippen LogP contribution in [0.3, 0.4) is 0 Å². The maximum atomic E-state index is 6.20. The molecule has 1 aliphatic carbocycles. The predicted molar refractivity (Wildman–Crippen MR) is 74.2 cm³/mol. The van der Waals surface area contributed by atoms with Gasteiger partial charge in [-0.05, 0) is 30.2 Å². The zero-order chi connectivity index (χ0) is 12.7. The molecule has 1 aliphatic heterocycles. The number of ether oxygens (including phenoxy) is 1. The van der Waals surface area contributed by atoms with Gasteiger partial charge in [-0.15, -0.1) is 0 Å². The predicted octanol–water partition coefficient (Wildman–Crippen LogP) is 4.22. The van der Waals surface area contributed by atoms with Crippen LogP contribution in [0.4, 0.5) is 0 Å². The van der Waals surface area contributed by atoms with Crippen molar-refractivity contribution in [3.63, 3.8) is 0 Å². The molecule has 1 heteroatoms. The number of fused-ring (bicyclic) bond motifs is 2. The molecule has 1 aromatic rings. The molecule has 1 fully saturated rings. The van der Waals surface area contributed by atoms with Crippen molar-refractivity contribution in [2.24, 2.45) is 23.7 Å². The first-order chi connectivity index (χ1) is 8.68. The van der Waals surface area contributed by atoms with Gasteiger partial charge < -0.3 is 4.74 Å². The van der Waals surface area contributed by atoms with Crippen LogP contribution in [0.2, 0.25) is 0 Å². The largest absolute Gasteiger partial charge is 0.373 e. The normalized spacial score (nSPS) is 39.3. The van der Waals surface area contributed by atoms with Gasteiger partial charge in [0.2, 0.25) is 0 Å². The van der Waals surface area contributed by atoms with Gasteiger partial charge in [0.05, 0.1) is 12.7 Å². The molecule has 96 valence electrons. The van der Waals surface area contributed by atoms with Crippen molar-refractivity contribution in [2.75, 3.05) is 6.61 Å². The molecule has 0 saturated carbocycles. The fourth-order valence-electron chi connectivity index (χ4n) is 3.89. The smallest absolute Gasteiger partial charge is 0.0892 e. The molecule has 1 saturated heterocycles. The lowest BCUT2D eigenvalue weighted by Crippen LogP contribution is -2.42. The molecule has 18 heavy (non-hydrogen) atoms. The fourth-order valence-corrected chi connectivity index (χ4v) is 3.89. The van der Waals surface area contributed by atoms with E-state index in [9.17, 15) is 0 Å². The van der Waals surface area contributed by atoms with E-state index in [1.54, 1.807) is 0 Å². The Balaban J connectivity index is 1.97. The Labute approximate surface area is 110 Å². The zero-order valence-electron chi connectivity index (χ0n) is 11.5. The minimum absolute atomic E-state index is 0.251. The third-order valence-electron chi connectivity index (χ3n) is 4.89. The van der Waals surface area contributed by atoms with Crippen molar-refractivity contribution < 1.29 is 4.74 Å². The Hall–Kier alpha value is -1.08. The van der Waals surface area contributed by atoms with Crippen LogP contribution in [0.15, 0.2) is 42.0 Å². The first-order valence-corrected chi connectivity index (χ1v) is 7.03. The fraction of sp³-hybridized carbons (Fsp3) is 0.529. The van der Waals surface area contributed by atoms with E-state index in [1.807, 2.05) is 0 Å². The zero-order valence-corrected chi connectivity index (χ0v) is 11.5. The first-order valence-electron chi connectivity index (χ1n) is 7.03. The van der Waals surface area contributed by atoms with Crippen LogP contribution in [-0.2, 0) is 4.74 Å². The molecule has 1 heterocycles. The van der Waals surface area contributed by atoms with Crippen molar-refractivity contribution in [1.82, 2.24) is 0 Å². The summed E-state index contributed by atoms with van der Waals surface area (Å²) in [6.45, 7) is 7.91. The van der Waals surface area contributed by atoms with E-state index in [4.69, 9.17) is 4.74 Å². The van der Waals surface area contributed by atoms with Gasteiger partial charge >= 0.3 is 0 Å². The van der Waals surface area contributed by atoms with E-state index < -0.39 is 0 Å². The van der Waals surface area contributed by atoms with Crippen LogP contribution >= 0.6 is 0 Å². The van der Waals surface area contributed by atoms with Gasteiger partial charge in [0.15, 0.2) is 0 Å². The van der Waals surface area contributed by atoms with E-state index in [2.05, 4.69) is 57.2 Å². The Morgan fingerprint density at radius 3 is 2.56 bits per heavy atom. The van der Waals surface area contributed by atoms with Gasteiger partial charge in [-0.25, -0.2) is 0 Å². The highest BCUT2D eigenvalue weighted by atomic mass is 16.5. The number of benzene rings is 1. The summed E-state index contributed by atoms with van der Waals surface area (Å²) in [7, 11) is 0. The second kappa shape index (κ2) is 4.55. The van der Waals surface area contributed by atoms with E-state index in [-0.39, 0.29) is 6.10 Å². The average molecular weight is 242 g/mol. The number of rotatable bonds is 1. The number of hydrogen-bond donors (Lipinski definition) is 0. The summed E-state index contributed by atoms with van der Waals surface area (Å²) in [4.78, 5) is 0.